The molecule has 3 nitrogen and oxygen atoms in total. The smallest absolute Gasteiger partial charge is 0.225 e. The van der Waals surface area contributed by atoms with Gasteiger partial charge in [0.2, 0.25) is 5.91 Å². The normalized spacial score (nSPS) is 28.9. The lowest BCUT2D eigenvalue weighted by Crippen LogP contribution is -2.29. The Balaban J connectivity index is 2.41. The molecule has 0 spiro atoms. The van der Waals surface area contributed by atoms with E-state index in [9.17, 15) is 4.79 Å². The molecule has 1 rings (SSSR count). The summed E-state index contributed by atoms with van der Waals surface area (Å²) in [6.07, 6.45) is 3.19. The third kappa shape index (κ3) is 1.97. The summed E-state index contributed by atoms with van der Waals surface area (Å²) in [5.41, 5.74) is 0. The van der Waals surface area contributed by atoms with Crippen LogP contribution in [0.5, 0.6) is 0 Å². The fraction of sp³-hybridized carbons (Fsp3) is 0.889. The van der Waals surface area contributed by atoms with Gasteiger partial charge in [-0.3, -0.25) is 4.79 Å². The zero-order valence-corrected chi connectivity index (χ0v) is 8.13. The summed E-state index contributed by atoms with van der Waals surface area (Å²) < 4.78 is 0. The van der Waals surface area contributed by atoms with Gasteiger partial charge >= 0.3 is 0 Å². The molecule has 70 valence electrons. The average molecular weight is 170 g/mol. The monoisotopic (exact) mass is 170 g/mol. The van der Waals surface area contributed by atoms with Crippen molar-refractivity contribution in [1.29, 1.82) is 0 Å². The van der Waals surface area contributed by atoms with E-state index in [2.05, 4.69) is 5.32 Å². The topological polar surface area (TPSA) is 32.3 Å². The highest BCUT2D eigenvalue weighted by atomic mass is 16.2. The molecule has 0 radical (unpaired) electrons. The van der Waals surface area contributed by atoms with Crippen LogP contribution in [0.25, 0.3) is 0 Å². The predicted octanol–water partition coefficient (Wildman–Crippen LogP) is 0.463. The lowest BCUT2D eigenvalue weighted by Gasteiger charge is -2.15. The first kappa shape index (κ1) is 9.52. The van der Waals surface area contributed by atoms with Crippen LogP contribution in [0.3, 0.4) is 0 Å². The highest BCUT2D eigenvalue weighted by Crippen LogP contribution is 2.26. The SMILES string of the molecule is CNC1CCC(C(=O)N(C)C)C1. The van der Waals surface area contributed by atoms with Crippen molar-refractivity contribution in [2.75, 3.05) is 21.1 Å². The van der Waals surface area contributed by atoms with Gasteiger partial charge in [0.1, 0.15) is 0 Å². The Morgan fingerprint density at radius 3 is 2.50 bits per heavy atom. The van der Waals surface area contributed by atoms with Crippen LogP contribution in [0.15, 0.2) is 0 Å². The van der Waals surface area contributed by atoms with Crippen LogP contribution >= 0.6 is 0 Å². The Kier molecular flexibility index (Phi) is 3.09. The Morgan fingerprint density at radius 2 is 2.08 bits per heavy atom. The zero-order valence-electron chi connectivity index (χ0n) is 8.13. The predicted molar refractivity (Wildman–Crippen MR) is 48.9 cm³/mol. The molecule has 0 aromatic heterocycles. The van der Waals surface area contributed by atoms with E-state index in [0.717, 1.165) is 19.3 Å². The maximum atomic E-state index is 11.5. The highest BCUT2D eigenvalue weighted by molar-refractivity contribution is 5.78. The lowest BCUT2D eigenvalue weighted by molar-refractivity contribution is -0.132. The quantitative estimate of drug-likeness (QED) is 0.653. The van der Waals surface area contributed by atoms with Gasteiger partial charge in [-0.15, -0.1) is 0 Å². The second kappa shape index (κ2) is 3.90. The van der Waals surface area contributed by atoms with E-state index in [0.29, 0.717) is 6.04 Å². The van der Waals surface area contributed by atoms with E-state index in [4.69, 9.17) is 0 Å². The Bertz CT molecular complexity index is 168. The number of carbonyl (C=O) groups excluding carboxylic acids is 1. The van der Waals surface area contributed by atoms with Gasteiger partial charge in [0.15, 0.2) is 0 Å². The maximum Gasteiger partial charge on any atom is 0.225 e. The molecule has 1 amide bonds. The molecular weight excluding hydrogens is 152 g/mol. The molecule has 2 unspecified atom stereocenters. The number of hydrogen-bond acceptors (Lipinski definition) is 2. The number of nitrogens with zero attached hydrogens (tertiary/aromatic N) is 1. The van der Waals surface area contributed by atoms with Crippen LogP contribution in [0, 0.1) is 5.92 Å². The van der Waals surface area contributed by atoms with Gasteiger partial charge in [-0.05, 0) is 26.3 Å². The number of rotatable bonds is 2. The largest absolute Gasteiger partial charge is 0.349 e. The first-order chi connectivity index (χ1) is 5.65. The van der Waals surface area contributed by atoms with Gasteiger partial charge in [-0.2, -0.15) is 0 Å². The van der Waals surface area contributed by atoms with Crippen LogP contribution in [0.4, 0.5) is 0 Å². The summed E-state index contributed by atoms with van der Waals surface area (Å²) in [5.74, 6) is 0.546. The van der Waals surface area contributed by atoms with Crippen molar-refractivity contribution in [3.05, 3.63) is 0 Å². The van der Waals surface area contributed by atoms with Crippen molar-refractivity contribution in [2.45, 2.75) is 25.3 Å². The lowest BCUT2D eigenvalue weighted by atomic mass is 10.1. The third-order valence-corrected chi connectivity index (χ3v) is 2.63. The van der Waals surface area contributed by atoms with Crippen LogP contribution < -0.4 is 5.32 Å². The Labute approximate surface area is 74.1 Å². The number of amides is 1. The Morgan fingerprint density at radius 1 is 1.42 bits per heavy atom. The zero-order chi connectivity index (χ0) is 9.14. The van der Waals surface area contributed by atoms with Gasteiger partial charge in [0, 0.05) is 26.1 Å². The van der Waals surface area contributed by atoms with Gasteiger partial charge in [-0.25, -0.2) is 0 Å². The molecule has 0 heterocycles. The molecule has 1 saturated carbocycles. The molecular formula is C9H18N2O. The molecule has 1 N–H and O–H groups in total. The second-order valence-corrected chi connectivity index (χ2v) is 3.73. The van der Waals surface area contributed by atoms with Crippen molar-refractivity contribution in [1.82, 2.24) is 10.2 Å². The summed E-state index contributed by atoms with van der Waals surface area (Å²) in [5, 5.41) is 3.22. The molecule has 1 aliphatic rings. The minimum absolute atomic E-state index is 0.262. The van der Waals surface area contributed by atoms with Gasteiger partial charge in [0.05, 0.1) is 0 Å². The number of hydrogen-bond donors (Lipinski definition) is 1. The Hall–Kier alpha value is -0.570. The summed E-state index contributed by atoms with van der Waals surface area (Å²) >= 11 is 0. The van der Waals surface area contributed by atoms with Crippen molar-refractivity contribution >= 4 is 5.91 Å². The van der Waals surface area contributed by atoms with Crippen molar-refractivity contribution < 1.29 is 4.79 Å². The molecule has 0 bridgehead atoms. The van der Waals surface area contributed by atoms with Crippen molar-refractivity contribution in [2.24, 2.45) is 5.92 Å². The number of carbonyl (C=O) groups is 1. The molecule has 3 heteroatoms. The second-order valence-electron chi connectivity index (χ2n) is 3.73. The van der Waals surface area contributed by atoms with Crippen LogP contribution in [-0.2, 0) is 4.79 Å². The molecule has 2 atom stereocenters. The van der Waals surface area contributed by atoms with Crippen LogP contribution in [-0.4, -0.2) is 38.0 Å². The minimum Gasteiger partial charge on any atom is -0.349 e. The molecule has 0 saturated heterocycles. The summed E-state index contributed by atoms with van der Waals surface area (Å²) in [7, 11) is 5.62. The molecule has 0 aromatic carbocycles. The van der Waals surface area contributed by atoms with Gasteiger partial charge in [0.25, 0.3) is 0 Å². The van der Waals surface area contributed by atoms with Gasteiger partial charge < -0.3 is 10.2 Å². The fourth-order valence-corrected chi connectivity index (χ4v) is 1.83. The summed E-state index contributed by atoms with van der Waals surface area (Å²) in [6.45, 7) is 0. The third-order valence-electron chi connectivity index (χ3n) is 2.63. The van der Waals surface area contributed by atoms with E-state index in [1.54, 1.807) is 4.90 Å². The number of nitrogens with one attached hydrogen (secondary N) is 1. The molecule has 1 aliphatic carbocycles. The minimum atomic E-state index is 0.262. The van der Waals surface area contributed by atoms with Crippen LogP contribution in [0.1, 0.15) is 19.3 Å². The van der Waals surface area contributed by atoms with Gasteiger partial charge in [-0.1, -0.05) is 0 Å². The summed E-state index contributed by atoms with van der Waals surface area (Å²) in [4.78, 5) is 13.2. The summed E-state index contributed by atoms with van der Waals surface area (Å²) in [6, 6.07) is 0.555. The van der Waals surface area contributed by atoms with E-state index >= 15 is 0 Å². The van der Waals surface area contributed by atoms with E-state index in [-0.39, 0.29) is 11.8 Å². The first-order valence-corrected chi connectivity index (χ1v) is 4.53. The molecule has 12 heavy (non-hydrogen) atoms. The maximum absolute atomic E-state index is 11.5. The van der Waals surface area contributed by atoms with E-state index in [1.807, 2.05) is 21.1 Å². The van der Waals surface area contributed by atoms with E-state index in [1.165, 1.54) is 0 Å². The highest BCUT2D eigenvalue weighted by Gasteiger charge is 2.29. The van der Waals surface area contributed by atoms with Crippen molar-refractivity contribution in [3.8, 4) is 0 Å². The van der Waals surface area contributed by atoms with E-state index < -0.39 is 0 Å². The fourth-order valence-electron chi connectivity index (χ4n) is 1.83. The van der Waals surface area contributed by atoms with Crippen molar-refractivity contribution in [3.63, 3.8) is 0 Å². The first-order valence-electron chi connectivity index (χ1n) is 4.53. The molecule has 1 fully saturated rings. The standard InChI is InChI=1S/C9H18N2O/c1-10-8-5-4-7(6-8)9(12)11(2)3/h7-8,10H,4-6H2,1-3H3. The molecule has 0 aliphatic heterocycles. The molecule has 0 aromatic rings. The van der Waals surface area contributed by atoms with Crippen LogP contribution in [0.2, 0.25) is 0 Å². The average Bonchev–Trinajstić information content (AvgIpc) is 2.50.